The number of hydrogen-bond acceptors (Lipinski definition) is 5. The molecule has 0 N–H and O–H groups in total. The van der Waals surface area contributed by atoms with Gasteiger partial charge in [0.1, 0.15) is 18.1 Å². The zero-order valence-electron chi connectivity index (χ0n) is 15.7. The number of aryl methyl sites for hydroxylation is 1. The summed E-state index contributed by atoms with van der Waals surface area (Å²) < 4.78 is 13.0. The number of halogens is 1. The molecule has 1 heterocycles. The molecule has 0 bridgehead atoms. The van der Waals surface area contributed by atoms with Crippen LogP contribution in [-0.4, -0.2) is 27.6 Å². The van der Waals surface area contributed by atoms with Crippen LogP contribution in [0.1, 0.15) is 11.4 Å². The Hall–Kier alpha value is -2.44. The monoisotopic (exact) mass is 415 g/mol. The molecule has 0 saturated carbocycles. The predicted molar refractivity (Wildman–Crippen MR) is 113 cm³/mol. The van der Waals surface area contributed by atoms with Crippen molar-refractivity contribution in [3.8, 4) is 11.5 Å². The van der Waals surface area contributed by atoms with E-state index in [2.05, 4.69) is 28.9 Å². The number of benzene rings is 2. The van der Waals surface area contributed by atoms with Gasteiger partial charge in [0.05, 0.1) is 7.11 Å². The summed E-state index contributed by atoms with van der Waals surface area (Å²) in [4.78, 5) is 0. The van der Waals surface area contributed by atoms with Crippen LogP contribution in [0.25, 0.3) is 0 Å². The highest BCUT2D eigenvalue weighted by molar-refractivity contribution is 7.99. The highest BCUT2D eigenvalue weighted by atomic mass is 35.5. The predicted octanol–water partition coefficient (Wildman–Crippen LogP) is 5.04. The molecule has 3 rings (SSSR count). The Morgan fingerprint density at radius 2 is 1.79 bits per heavy atom. The Balaban J connectivity index is 1.59. The van der Waals surface area contributed by atoms with Gasteiger partial charge in [0.15, 0.2) is 11.0 Å². The molecule has 0 atom stereocenters. The molecule has 1 aromatic heterocycles. The fourth-order valence-corrected chi connectivity index (χ4v) is 3.66. The van der Waals surface area contributed by atoms with Crippen molar-refractivity contribution in [3.05, 3.63) is 77.6 Å². The minimum atomic E-state index is 0.335. The molecular weight excluding hydrogens is 394 g/mol. The maximum Gasteiger partial charge on any atom is 0.191 e. The summed E-state index contributed by atoms with van der Waals surface area (Å²) in [6.45, 7) is 4.81. The van der Waals surface area contributed by atoms with Crippen molar-refractivity contribution in [1.29, 1.82) is 0 Å². The van der Waals surface area contributed by atoms with E-state index in [1.165, 1.54) is 5.56 Å². The van der Waals surface area contributed by atoms with E-state index in [9.17, 15) is 0 Å². The summed E-state index contributed by atoms with van der Waals surface area (Å²) in [6.07, 6.45) is 2.77. The van der Waals surface area contributed by atoms with Crippen molar-refractivity contribution < 1.29 is 9.47 Å². The van der Waals surface area contributed by atoms with Gasteiger partial charge in [0.25, 0.3) is 0 Å². The number of hydrogen-bond donors (Lipinski definition) is 0. The number of aromatic nitrogens is 3. The lowest BCUT2D eigenvalue weighted by atomic mass is 10.2. The number of thioether (sulfide) groups is 1. The molecule has 2 aromatic carbocycles. The van der Waals surface area contributed by atoms with Gasteiger partial charge in [0.2, 0.25) is 0 Å². The van der Waals surface area contributed by atoms with Gasteiger partial charge in [-0.3, -0.25) is 4.57 Å². The van der Waals surface area contributed by atoms with E-state index in [4.69, 9.17) is 21.1 Å². The highest BCUT2D eigenvalue weighted by Crippen LogP contribution is 2.21. The third kappa shape index (κ3) is 5.53. The van der Waals surface area contributed by atoms with E-state index >= 15 is 0 Å². The van der Waals surface area contributed by atoms with Gasteiger partial charge in [0, 0.05) is 17.3 Å². The fourth-order valence-electron chi connectivity index (χ4n) is 2.58. The van der Waals surface area contributed by atoms with E-state index in [0.29, 0.717) is 18.2 Å². The molecular formula is C21H22ClN3O2S. The highest BCUT2D eigenvalue weighted by Gasteiger charge is 2.12. The summed E-state index contributed by atoms with van der Waals surface area (Å²) in [6, 6.07) is 15.4. The molecule has 5 nitrogen and oxygen atoms in total. The first-order valence-corrected chi connectivity index (χ1v) is 10.2. The summed E-state index contributed by atoms with van der Waals surface area (Å²) in [5.41, 5.74) is 1.26. The second-order valence-electron chi connectivity index (χ2n) is 5.99. The van der Waals surface area contributed by atoms with Gasteiger partial charge < -0.3 is 9.47 Å². The SMILES string of the molecule is C=CCn1c(COc2ccc(Cl)cc2)nnc1SCCc1ccc(OC)cc1. The lowest BCUT2D eigenvalue weighted by Crippen LogP contribution is -2.07. The van der Waals surface area contributed by atoms with Crippen molar-refractivity contribution >= 4 is 23.4 Å². The van der Waals surface area contributed by atoms with Crippen LogP contribution in [0.15, 0.2) is 66.3 Å². The number of allylic oxidation sites excluding steroid dienone is 1. The quantitative estimate of drug-likeness (QED) is 0.343. The molecule has 146 valence electrons. The summed E-state index contributed by atoms with van der Waals surface area (Å²) in [5, 5.41) is 10.2. The van der Waals surface area contributed by atoms with Crippen LogP contribution >= 0.6 is 23.4 Å². The number of methoxy groups -OCH3 is 1. The molecule has 0 aliphatic carbocycles. The van der Waals surface area contributed by atoms with Crippen LogP contribution in [0.5, 0.6) is 11.5 Å². The minimum absolute atomic E-state index is 0.335. The Labute approximate surface area is 174 Å². The summed E-state index contributed by atoms with van der Waals surface area (Å²) >= 11 is 7.58. The number of rotatable bonds is 10. The molecule has 0 unspecified atom stereocenters. The molecule has 0 aliphatic rings. The number of nitrogens with zero attached hydrogens (tertiary/aromatic N) is 3. The second-order valence-corrected chi connectivity index (χ2v) is 7.49. The number of ether oxygens (including phenoxy) is 2. The lowest BCUT2D eigenvalue weighted by Gasteiger charge is -2.09. The van der Waals surface area contributed by atoms with Crippen molar-refractivity contribution in [2.45, 2.75) is 24.7 Å². The molecule has 0 spiro atoms. The summed E-state index contributed by atoms with van der Waals surface area (Å²) in [7, 11) is 1.67. The van der Waals surface area contributed by atoms with E-state index in [1.54, 1.807) is 31.0 Å². The van der Waals surface area contributed by atoms with Gasteiger partial charge in [-0.05, 0) is 48.4 Å². The molecule has 0 saturated heterocycles. The zero-order chi connectivity index (χ0) is 19.8. The lowest BCUT2D eigenvalue weighted by molar-refractivity contribution is 0.289. The van der Waals surface area contributed by atoms with Crippen LogP contribution in [-0.2, 0) is 19.6 Å². The Morgan fingerprint density at radius 3 is 2.46 bits per heavy atom. The average Bonchev–Trinajstić information content (AvgIpc) is 3.10. The fraction of sp³-hybridized carbons (Fsp3) is 0.238. The van der Waals surface area contributed by atoms with E-state index in [1.807, 2.05) is 34.9 Å². The smallest absolute Gasteiger partial charge is 0.191 e. The first kappa shape index (κ1) is 20.3. The van der Waals surface area contributed by atoms with E-state index in [-0.39, 0.29) is 0 Å². The molecule has 0 fully saturated rings. The van der Waals surface area contributed by atoms with Crippen LogP contribution in [0.3, 0.4) is 0 Å². The topological polar surface area (TPSA) is 49.2 Å². The molecule has 0 aliphatic heterocycles. The summed E-state index contributed by atoms with van der Waals surface area (Å²) in [5.74, 6) is 3.28. The van der Waals surface area contributed by atoms with Gasteiger partial charge in [-0.25, -0.2) is 0 Å². The molecule has 0 radical (unpaired) electrons. The van der Waals surface area contributed by atoms with Gasteiger partial charge in [-0.1, -0.05) is 41.6 Å². The van der Waals surface area contributed by atoms with Crippen LogP contribution in [0, 0.1) is 0 Å². The minimum Gasteiger partial charge on any atom is -0.497 e. The maximum absolute atomic E-state index is 5.90. The third-order valence-electron chi connectivity index (χ3n) is 4.07. The average molecular weight is 416 g/mol. The van der Waals surface area contributed by atoms with Crippen LogP contribution in [0.4, 0.5) is 0 Å². The van der Waals surface area contributed by atoms with Crippen LogP contribution in [0.2, 0.25) is 5.02 Å². The molecule has 28 heavy (non-hydrogen) atoms. The Bertz CT molecular complexity index is 895. The van der Waals surface area contributed by atoms with Crippen molar-refractivity contribution in [2.24, 2.45) is 0 Å². The third-order valence-corrected chi connectivity index (χ3v) is 5.29. The standard InChI is InChI=1S/C21H22ClN3O2S/c1-3-13-25-20(15-27-19-10-6-17(22)7-11-19)23-24-21(25)28-14-12-16-4-8-18(26-2)9-5-16/h3-11H,1,12-15H2,2H3. The zero-order valence-corrected chi connectivity index (χ0v) is 17.2. The largest absolute Gasteiger partial charge is 0.497 e. The van der Waals surface area contributed by atoms with Gasteiger partial charge in [-0.2, -0.15) is 0 Å². The van der Waals surface area contributed by atoms with E-state index in [0.717, 1.165) is 34.7 Å². The molecule has 0 amide bonds. The van der Waals surface area contributed by atoms with Crippen molar-refractivity contribution in [1.82, 2.24) is 14.8 Å². The Kier molecular flexibility index (Phi) is 7.39. The van der Waals surface area contributed by atoms with Crippen LogP contribution < -0.4 is 9.47 Å². The van der Waals surface area contributed by atoms with Gasteiger partial charge in [-0.15, -0.1) is 16.8 Å². The van der Waals surface area contributed by atoms with Gasteiger partial charge >= 0.3 is 0 Å². The molecule has 3 aromatic rings. The van der Waals surface area contributed by atoms with Crippen molar-refractivity contribution in [2.75, 3.05) is 12.9 Å². The Morgan fingerprint density at radius 1 is 1.07 bits per heavy atom. The normalized spacial score (nSPS) is 10.6. The van der Waals surface area contributed by atoms with E-state index < -0.39 is 0 Å². The second kappa shape index (κ2) is 10.2. The first-order chi connectivity index (χ1) is 13.7. The molecule has 7 heteroatoms. The maximum atomic E-state index is 5.90. The van der Waals surface area contributed by atoms with Crippen molar-refractivity contribution in [3.63, 3.8) is 0 Å². The first-order valence-electron chi connectivity index (χ1n) is 8.86.